The Hall–Kier alpha value is -0.690. The van der Waals surface area contributed by atoms with Crippen LogP contribution in [-0.4, -0.2) is 58.3 Å². The van der Waals surface area contributed by atoms with E-state index in [2.05, 4.69) is 12.2 Å². The van der Waals surface area contributed by atoms with Crippen LogP contribution in [0.4, 0.5) is 0 Å². The molecule has 0 saturated carbocycles. The quantitative estimate of drug-likeness (QED) is 0.492. The van der Waals surface area contributed by atoms with Crippen molar-refractivity contribution in [3.8, 4) is 0 Å². The molecule has 20 heavy (non-hydrogen) atoms. The van der Waals surface area contributed by atoms with Gasteiger partial charge >= 0.3 is 0 Å². The van der Waals surface area contributed by atoms with Crippen LogP contribution in [0.25, 0.3) is 0 Å². The van der Waals surface area contributed by atoms with E-state index in [1.807, 2.05) is 0 Å². The number of ether oxygens (including phenoxy) is 1. The zero-order valence-electron chi connectivity index (χ0n) is 12.3. The Labute approximate surface area is 120 Å². The molecule has 5 unspecified atom stereocenters. The molecule has 118 valence electrons. The molecule has 0 bridgehead atoms. The summed E-state index contributed by atoms with van der Waals surface area (Å²) in [5, 5.41) is 31.8. The minimum absolute atomic E-state index is 0.272. The number of amides is 1. The van der Waals surface area contributed by atoms with Gasteiger partial charge in [-0.2, -0.15) is 0 Å². The number of hydrogen-bond donors (Lipinski definition) is 4. The van der Waals surface area contributed by atoms with E-state index in [1.165, 1.54) is 6.92 Å². The molecular formula is C14H27NO5. The van der Waals surface area contributed by atoms with Gasteiger partial charge in [-0.05, 0) is 6.42 Å². The van der Waals surface area contributed by atoms with Crippen molar-refractivity contribution < 1.29 is 24.9 Å². The standard InChI is InChI=1S/C14H27NO5/c1-3-4-5-6-7-10-12(15-9(2)17)14(19)13(18)11(8-16)20-10/h10-14,16,18-19H,3-8H2,1-2H3,(H,15,17). The lowest BCUT2D eigenvalue weighted by molar-refractivity contribution is -0.196. The zero-order valence-corrected chi connectivity index (χ0v) is 12.3. The Balaban J connectivity index is 2.65. The average Bonchev–Trinajstić information content (AvgIpc) is 2.41. The lowest BCUT2D eigenvalue weighted by atomic mass is 9.90. The normalized spacial score (nSPS) is 34.0. The molecule has 6 heteroatoms. The summed E-state index contributed by atoms with van der Waals surface area (Å²) in [6, 6.07) is -0.632. The monoisotopic (exact) mass is 289 g/mol. The van der Waals surface area contributed by atoms with E-state index in [4.69, 9.17) is 4.74 Å². The Bertz CT molecular complexity index is 299. The molecule has 4 N–H and O–H groups in total. The molecule has 0 radical (unpaired) electrons. The van der Waals surface area contributed by atoms with Crippen LogP contribution in [0.3, 0.4) is 0 Å². The van der Waals surface area contributed by atoms with Crippen LogP contribution in [0.15, 0.2) is 0 Å². The van der Waals surface area contributed by atoms with Crippen molar-refractivity contribution in [1.82, 2.24) is 5.32 Å². The number of nitrogens with one attached hydrogen (secondary N) is 1. The van der Waals surface area contributed by atoms with Crippen LogP contribution in [-0.2, 0) is 9.53 Å². The van der Waals surface area contributed by atoms with Gasteiger partial charge in [0.05, 0.1) is 18.8 Å². The van der Waals surface area contributed by atoms with E-state index in [0.29, 0.717) is 6.42 Å². The Morgan fingerprint density at radius 2 is 1.85 bits per heavy atom. The number of unbranched alkanes of at least 4 members (excludes halogenated alkanes) is 3. The Kier molecular flexibility index (Phi) is 7.43. The Morgan fingerprint density at radius 1 is 1.15 bits per heavy atom. The van der Waals surface area contributed by atoms with E-state index < -0.39 is 24.4 Å². The van der Waals surface area contributed by atoms with Crippen LogP contribution in [0.1, 0.15) is 46.0 Å². The fraction of sp³-hybridized carbons (Fsp3) is 0.929. The second-order valence-corrected chi connectivity index (χ2v) is 5.45. The molecule has 0 aliphatic carbocycles. The first-order valence-corrected chi connectivity index (χ1v) is 7.40. The third kappa shape index (κ3) is 4.70. The van der Waals surface area contributed by atoms with Gasteiger partial charge in [-0.1, -0.05) is 32.6 Å². The van der Waals surface area contributed by atoms with Gasteiger partial charge in [-0.3, -0.25) is 4.79 Å². The maximum atomic E-state index is 11.2. The highest BCUT2D eigenvalue weighted by Gasteiger charge is 2.44. The summed E-state index contributed by atoms with van der Waals surface area (Å²) in [7, 11) is 0. The molecule has 5 atom stereocenters. The van der Waals surface area contributed by atoms with Gasteiger partial charge in [-0.25, -0.2) is 0 Å². The van der Waals surface area contributed by atoms with Crippen molar-refractivity contribution in [1.29, 1.82) is 0 Å². The zero-order chi connectivity index (χ0) is 15.1. The molecule has 1 rings (SSSR count). The fourth-order valence-electron chi connectivity index (χ4n) is 2.63. The second-order valence-electron chi connectivity index (χ2n) is 5.45. The number of carbonyl (C=O) groups excluding carboxylic acids is 1. The first-order valence-electron chi connectivity index (χ1n) is 7.40. The smallest absolute Gasteiger partial charge is 0.217 e. The minimum Gasteiger partial charge on any atom is -0.394 e. The molecule has 1 amide bonds. The molecule has 0 spiro atoms. The van der Waals surface area contributed by atoms with E-state index in [1.54, 1.807) is 0 Å². The highest BCUT2D eigenvalue weighted by atomic mass is 16.5. The Morgan fingerprint density at radius 3 is 2.40 bits per heavy atom. The van der Waals surface area contributed by atoms with Crippen molar-refractivity contribution >= 4 is 5.91 Å². The maximum absolute atomic E-state index is 11.2. The highest BCUT2D eigenvalue weighted by Crippen LogP contribution is 2.25. The minimum atomic E-state index is -1.19. The lowest BCUT2D eigenvalue weighted by Gasteiger charge is -2.42. The number of rotatable bonds is 7. The first-order chi connectivity index (χ1) is 9.51. The largest absolute Gasteiger partial charge is 0.394 e. The summed E-state index contributed by atoms with van der Waals surface area (Å²) in [5.41, 5.74) is 0. The van der Waals surface area contributed by atoms with E-state index in [-0.39, 0.29) is 18.6 Å². The second kappa shape index (κ2) is 8.56. The number of aliphatic hydroxyl groups excluding tert-OH is 3. The lowest BCUT2D eigenvalue weighted by Crippen LogP contribution is -2.63. The molecule has 1 heterocycles. The van der Waals surface area contributed by atoms with Gasteiger partial charge in [0.2, 0.25) is 5.91 Å². The first kappa shape index (κ1) is 17.4. The molecule has 1 aliphatic rings. The van der Waals surface area contributed by atoms with E-state index in [9.17, 15) is 20.1 Å². The van der Waals surface area contributed by atoms with Crippen molar-refractivity contribution in [2.45, 2.75) is 76.4 Å². The number of carbonyl (C=O) groups is 1. The van der Waals surface area contributed by atoms with Gasteiger partial charge in [0.1, 0.15) is 18.3 Å². The molecule has 0 aromatic carbocycles. The molecule has 1 fully saturated rings. The summed E-state index contributed by atoms with van der Waals surface area (Å²) in [6.45, 7) is 3.14. The van der Waals surface area contributed by atoms with Crippen LogP contribution < -0.4 is 5.32 Å². The molecule has 0 aromatic heterocycles. The number of hydrogen-bond acceptors (Lipinski definition) is 5. The summed E-state index contributed by atoms with van der Waals surface area (Å²) >= 11 is 0. The van der Waals surface area contributed by atoms with Crippen molar-refractivity contribution in [2.75, 3.05) is 6.61 Å². The van der Waals surface area contributed by atoms with E-state index in [0.717, 1.165) is 25.7 Å². The SMILES string of the molecule is CCCCCCC1OC(CO)C(O)C(O)C1NC(C)=O. The van der Waals surface area contributed by atoms with Crippen molar-refractivity contribution in [3.63, 3.8) is 0 Å². The molecule has 0 aromatic rings. The molecule has 6 nitrogen and oxygen atoms in total. The molecule has 1 saturated heterocycles. The van der Waals surface area contributed by atoms with Crippen LogP contribution >= 0.6 is 0 Å². The highest BCUT2D eigenvalue weighted by molar-refractivity contribution is 5.73. The van der Waals surface area contributed by atoms with Crippen molar-refractivity contribution in [3.05, 3.63) is 0 Å². The van der Waals surface area contributed by atoms with Gasteiger partial charge in [0.15, 0.2) is 0 Å². The average molecular weight is 289 g/mol. The molecular weight excluding hydrogens is 262 g/mol. The summed E-state index contributed by atoms with van der Waals surface area (Å²) in [5.74, 6) is -0.272. The van der Waals surface area contributed by atoms with Gasteiger partial charge in [0, 0.05) is 6.92 Å². The third-order valence-electron chi connectivity index (χ3n) is 3.74. The van der Waals surface area contributed by atoms with Crippen molar-refractivity contribution in [2.24, 2.45) is 0 Å². The van der Waals surface area contributed by atoms with Gasteiger partial charge < -0.3 is 25.4 Å². The predicted molar refractivity (Wildman–Crippen MR) is 74.1 cm³/mol. The fourth-order valence-corrected chi connectivity index (χ4v) is 2.63. The van der Waals surface area contributed by atoms with E-state index >= 15 is 0 Å². The predicted octanol–water partition coefficient (Wildman–Crippen LogP) is -0.0570. The van der Waals surface area contributed by atoms with Gasteiger partial charge in [0.25, 0.3) is 0 Å². The van der Waals surface area contributed by atoms with Gasteiger partial charge in [-0.15, -0.1) is 0 Å². The van der Waals surface area contributed by atoms with Crippen LogP contribution in [0.2, 0.25) is 0 Å². The van der Waals surface area contributed by atoms with Crippen LogP contribution in [0.5, 0.6) is 0 Å². The number of aliphatic hydroxyl groups is 3. The summed E-state index contributed by atoms with van der Waals surface area (Å²) < 4.78 is 5.64. The molecule has 1 aliphatic heterocycles. The van der Waals surface area contributed by atoms with Crippen LogP contribution in [0, 0.1) is 0 Å². The third-order valence-corrected chi connectivity index (χ3v) is 3.74. The maximum Gasteiger partial charge on any atom is 0.217 e. The summed E-state index contributed by atoms with van der Waals surface area (Å²) in [6.07, 6.45) is 1.43. The topological polar surface area (TPSA) is 99.0 Å². The summed E-state index contributed by atoms with van der Waals surface area (Å²) in [4.78, 5) is 11.2.